The van der Waals surface area contributed by atoms with Crippen molar-refractivity contribution in [3.05, 3.63) is 86.6 Å². The lowest BCUT2D eigenvalue weighted by Crippen LogP contribution is -2.33. The predicted octanol–water partition coefficient (Wildman–Crippen LogP) is 5.75. The lowest BCUT2D eigenvalue weighted by Gasteiger charge is -2.19. The Bertz CT molecular complexity index is 1700. The summed E-state index contributed by atoms with van der Waals surface area (Å²) in [4.78, 5) is 54.1. The Morgan fingerprint density at radius 1 is 1.05 bits per heavy atom. The second-order valence-electron chi connectivity index (χ2n) is 10.3. The number of nitrogens with zero attached hydrogens (tertiary/aromatic N) is 1. The number of pyridine rings is 1. The predicted molar refractivity (Wildman–Crippen MR) is 160 cm³/mol. The maximum Gasteiger partial charge on any atom is 0.356 e. The highest BCUT2D eigenvalue weighted by atomic mass is 32.1. The van der Waals surface area contributed by atoms with E-state index in [1.807, 2.05) is 36.4 Å². The Balaban J connectivity index is 1.47. The molecule has 1 aliphatic rings. The number of rotatable bonds is 7. The van der Waals surface area contributed by atoms with E-state index in [0.717, 1.165) is 35.3 Å². The molecule has 0 bridgehead atoms. The van der Waals surface area contributed by atoms with Crippen molar-refractivity contribution in [3.8, 4) is 11.1 Å². The quantitative estimate of drug-likeness (QED) is 0.283. The zero-order chi connectivity index (χ0) is 29.3. The summed E-state index contributed by atoms with van der Waals surface area (Å²) in [6, 6.07) is 16.4. The summed E-state index contributed by atoms with van der Waals surface area (Å²) < 4.78 is 12.2. The first-order valence-electron chi connectivity index (χ1n) is 13.7. The number of ether oxygens (including phenoxy) is 2. The highest BCUT2D eigenvalue weighted by Crippen LogP contribution is 2.40. The molecule has 2 aromatic carbocycles. The van der Waals surface area contributed by atoms with Gasteiger partial charge in [0.1, 0.15) is 10.7 Å². The third-order valence-corrected chi connectivity index (χ3v) is 8.61. The highest BCUT2D eigenvalue weighted by Gasteiger charge is 2.31. The Morgan fingerprint density at radius 2 is 1.73 bits per heavy atom. The van der Waals surface area contributed by atoms with Gasteiger partial charge in [0.2, 0.25) is 0 Å². The third-order valence-electron chi connectivity index (χ3n) is 7.44. The van der Waals surface area contributed by atoms with E-state index >= 15 is 0 Å². The van der Waals surface area contributed by atoms with E-state index in [1.165, 1.54) is 29.9 Å². The van der Waals surface area contributed by atoms with Gasteiger partial charge in [-0.3, -0.25) is 9.59 Å². The molecule has 41 heavy (non-hydrogen) atoms. The van der Waals surface area contributed by atoms with Gasteiger partial charge in [0.05, 0.1) is 12.2 Å². The molecule has 212 valence electrons. The summed E-state index contributed by atoms with van der Waals surface area (Å²) in [6.07, 6.45) is 1.30. The lowest BCUT2D eigenvalue weighted by atomic mass is 9.88. The minimum absolute atomic E-state index is 0.0485. The van der Waals surface area contributed by atoms with Crippen LogP contribution in [0.3, 0.4) is 0 Å². The van der Waals surface area contributed by atoms with E-state index in [2.05, 4.69) is 12.2 Å². The van der Waals surface area contributed by atoms with E-state index in [-0.39, 0.29) is 17.9 Å². The number of esters is 2. The van der Waals surface area contributed by atoms with Gasteiger partial charge >= 0.3 is 11.9 Å². The SMILES string of the molecule is CCOC(=O)c1c(NC(=O)C(C)OC(=O)c2c(-c3ccccc3)c3ccccc3c(=O)n2C)sc2c1CCC(C)C2. The maximum absolute atomic E-state index is 13.6. The zero-order valence-electron chi connectivity index (χ0n) is 23.5. The number of amides is 1. The molecule has 5 rings (SSSR count). The van der Waals surface area contributed by atoms with Gasteiger partial charge < -0.3 is 19.4 Å². The number of aromatic nitrogens is 1. The molecule has 2 aromatic heterocycles. The van der Waals surface area contributed by atoms with Crippen LogP contribution in [0.25, 0.3) is 21.9 Å². The molecule has 0 saturated heterocycles. The minimum Gasteiger partial charge on any atom is -0.462 e. The first-order chi connectivity index (χ1) is 19.7. The fourth-order valence-corrected chi connectivity index (χ4v) is 6.74. The minimum atomic E-state index is -1.21. The number of fused-ring (bicyclic) bond motifs is 2. The Labute approximate surface area is 241 Å². The zero-order valence-corrected chi connectivity index (χ0v) is 24.3. The molecule has 0 aliphatic heterocycles. The smallest absolute Gasteiger partial charge is 0.356 e. The highest BCUT2D eigenvalue weighted by molar-refractivity contribution is 7.17. The van der Waals surface area contributed by atoms with Crippen molar-refractivity contribution in [1.82, 2.24) is 4.57 Å². The number of anilines is 1. The van der Waals surface area contributed by atoms with Crippen molar-refractivity contribution >= 4 is 45.0 Å². The third kappa shape index (κ3) is 5.41. The molecule has 2 atom stereocenters. The molecule has 1 N–H and O–H groups in total. The van der Waals surface area contributed by atoms with Crippen LogP contribution in [-0.4, -0.2) is 35.1 Å². The summed E-state index contributed by atoms with van der Waals surface area (Å²) in [7, 11) is 1.52. The molecule has 0 spiro atoms. The second-order valence-corrected chi connectivity index (χ2v) is 11.4. The number of hydrogen-bond donors (Lipinski definition) is 1. The van der Waals surface area contributed by atoms with Crippen molar-refractivity contribution in [2.24, 2.45) is 13.0 Å². The van der Waals surface area contributed by atoms with E-state index in [9.17, 15) is 19.2 Å². The van der Waals surface area contributed by atoms with Crippen LogP contribution in [-0.2, 0) is 34.2 Å². The molecule has 0 fully saturated rings. The number of carbonyl (C=O) groups excluding carboxylic acids is 3. The van der Waals surface area contributed by atoms with Gasteiger partial charge in [-0.05, 0) is 61.6 Å². The summed E-state index contributed by atoms with van der Waals surface area (Å²) in [5, 5.41) is 4.30. The van der Waals surface area contributed by atoms with Gasteiger partial charge in [-0.2, -0.15) is 0 Å². The number of nitrogens with one attached hydrogen (secondary N) is 1. The van der Waals surface area contributed by atoms with Gasteiger partial charge in [-0.15, -0.1) is 11.3 Å². The van der Waals surface area contributed by atoms with Crippen LogP contribution < -0.4 is 10.9 Å². The lowest BCUT2D eigenvalue weighted by molar-refractivity contribution is -0.123. The molecule has 4 aromatic rings. The van der Waals surface area contributed by atoms with Gasteiger partial charge in [-0.1, -0.05) is 55.5 Å². The van der Waals surface area contributed by atoms with E-state index in [0.29, 0.717) is 32.8 Å². The maximum atomic E-state index is 13.6. The molecule has 2 heterocycles. The topological polar surface area (TPSA) is 104 Å². The molecule has 1 amide bonds. The molecule has 8 nitrogen and oxygen atoms in total. The van der Waals surface area contributed by atoms with Crippen molar-refractivity contribution in [1.29, 1.82) is 0 Å². The van der Waals surface area contributed by atoms with Crippen LogP contribution in [0.1, 0.15) is 58.5 Å². The number of thiophene rings is 1. The normalized spacial score (nSPS) is 15.2. The Morgan fingerprint density at radius 3 is 2.44 bits per heavy atom. The summed E-state index contributed by atoms with van der Waals surface area (Å²) in [5.74, 6) is -1.38. The van der Waals surface area contributed by atoms with Crippen molar-refractivity contribution in [2.75, 3.05) is 11.9 Å². The monoisotopic (exact) mass is 572 g/mol. The van der Waals surface area contributed by atoms with Crippen LogP contribution in [0.4, 0.5) is 5.00 Å². The van der Waals surface area contributed by atoms with E-state index < -0.39 is 23.9 Å². The fourth-order valence-electron chi connectivity index (χ4n) is 5.34. The molecule has 1 aliphatic carbocycles. The van der Waals surface area contributed by atoms with Crippen LogP contribution in [0.2, 0.25) is 0 Å². The van der Waals surface area contributed by atoms with Crippen molar-refractivity contribution < 1.29 is 23.9 Å². The molecule has 0 radical (unpaired) electrons. The van der Waals surface area contributed by atoms with E-state index in [4.69, 9.17) is 9.47 Å². The average molecular weight is 573 g/mol. The average Bonchev–Trinajstić information content (AvgIpc) is 3.32. The first-order valence-corrected chi connectivity index (χ1v) is 14.5. The molecular formula is C32H32N2O6S. The number of hydrogen-bond acceptors (Lipinski definition) is 7. The van der Waals surface area contributed by atoms with Crippen molar-refractivity contribution in [2.45, 2.75) is 46.1 Å². The van der Waals surface area contributed by atoms with Gasteiger partial charge in [0.15, 0.2) is 6.10 Å². The second kappa shape index (κ2) is 11.7. The molecule has 9 heteroatoms. The van der Waals surface area contributed by atoms with Crippen LogP contribution >= 0.6 is 11.3 Å². The number of carbonyl (C=O) groups is 3. The molecular weight excluding hydrogens is 540 g/mol. The largest absolute Gasteiger partial charge is 0.462 e. The Hall–Kier alpha value is -4.24. The summed E-state index contributed by atoms with van der Waals surface area (Å²) >= 11 is 1.37. The van der Waals surface area contributed by atoms with Crippen molar-refractivity contribution in [3.63, 3.8) is 0 Å². The van der Waals surface area contributed by atoms with Gasteiger partial charge in [0, 0.05) is 22.9 Å². The van der Waals surface area contributed by atoms with Crippen LogP contribution in [0.5, 0.6) is 0 Å². The van der Waals surface area contributed by atoms with Gasteiger partial charge in [0.25, 0.3) is 11.5 Å². The van der Waals surface area contributed by atoms with Gasteiger partial charge in [-0.25, -0.2) is 9.59 Å². The van der Waals surface area contributed by atoms with Crippen LogP contribution in [0.15, 0.2) is 59.4 Å². The number of benzene rings is 2. The molecule has 2 unspecified atom stereocenters. The summed E-state index contributed by atoms with van der Waals surface area (Å²) in [5.41, 5.74) is 2.29. The first kappa shape index (κ1) is 28.3. The fraction of sp³-hybridized carbons (Fsp3) is 0.312. The van der Waals surface area contributed by atoms with E-state index in [1.54, 1.807) is 25.1 Å². The standard InChI is InChI=1S/C32H32N2O6S/c1-5-39-31(37)26-23-16-15-18(2)17-24(23)41-29(26)33-28(35)19(3)40-32(38)27-25(20-11-7-6-8-12-20)21-13-9-10-14-22(21)30(36)34(27)4/h6-14,18-19H,5,15-17H2,1-4H3,(H,33,35). The molecule has 0 saturated carbocycles. The summed E-state index contributed by atoms with van der Waals surface area (Å²) in [6.45, 7) is 5.59. The Kier molecular flexibility index (Phi) is 8.08. The van der Waals surface area contributed by atoms with Crippen LogP contribution in [0, 0.1) is 5.92 Å².